The van der Waals surface area contributed by atoms with Crippen LogP contribution in [0.25, 0.3) is 0 Å². The lowest BCUT2D eigenvalue weighted by Gasteiger charge is -1.99. The van der Waals surface area contributed by atoms with Gasteiger partial charge in [-0.1, -0.05) is 11.8 Å². The first-order valence-corrected chi connectivity index (χ1v) is 4.49. The van der Waals surface area contributed by atoms with Crippen molar-refractivity contribution in [3.63, 3.8) is 0 Å². The minimum Gasteiger partial charge on any atom is -0.449 e. The molecule has 0 atom stereocenters. The van der Waals surface area contributed by atoms with E-state index in [1.165, 1.54) is 0 Å². The predicted octanol–water partition coefficient (Wildman–Crippen LogP) is 0.618. The lowest BCUT2D eigenvalue weighted by atomic mass is 10.5. The largest absolute Gasteiger partial charge is 0.449 e. The second-order valence-electron chi connectivity index (χ2n) is 2.08. The van der Waals surface area contributed by atoms with Crippen molar-refractivity contribution in [3.8, 4) is 24.7 Å². The highest BCUT2D eigenvalue weighted by Gasteiger charge is 2.09. The van der Waals surface area contributed by atoms with Crippen LogP contribution in [0.2, 0.25) is 0 Å². The Labute approximate surface area is 95.8 Å². The van der Waals surface area contributed by atoms with Crippen LogP contribution in [0.15, 0.2) is 10.6 Å². The van der Waals surface area contributed by atoms with Gasteiger partial charge in [-0.15, -0.1) is 12.8 Å². The molecule has 0 aromatic heterocycles. The van der Waals surface area contributed by atoms with Gasteiger partial charge in [-0.25, -0.2) is 9.59 Å². The SMILES string of the molecule is C#CCOC(=O)/C=C(/Br)C(=O)OCC#C. The molecule has 0 aliphatic rings. The summed E-state index contributed by atoms with van der Waals surface area (Å²) in [5.41, 5.74) is 0. The van der Waals surface area contributed by atoms with Gasteiger partial charge in [0.05, 0.1) is 0 Å². The van der Waals surface area contributed by atoms with Gasteiger partial charge in [-0.2, -0.15) is 0 Å². The summed E-state index contributed by atoms with van der Waals surface area (Å²) in [5, 5.41) is 0. The van der Waals surface area contributed by atoms with Crippen LogP contribution < -0.4 is 0 Å². The Hall–Kier alpha value is -1.72. The summed E-state index contributed by atoms with van der Waals surface area (Å²) >= 11 is 2.83. The van der Waals surface area contributed by atoms with Gasteiger partial charge in [0.15, 0.2) is 13.2 Å². The monoisotopic (exact) mass is 270 g/mol. The number of hydrogen-bond acceptors (Lipinski definition) is 4. The molecular weight excluding hydrogens is 264 g/mol. The minimum atomic E-state index is -0.745. The van der Waals surface area contributed by atoms with Crippen LogP contribution in [0.5, 0.6) is 0 Å². The topological polar surface area (TPSA) is 52.6 Å². The van der Waals surface area contributed by atoms with Gasteiger partial charge < -0.3 is 9.47 Å². The zero-order chi connectivity index (χ0) is 11.7. The number of carbonyl (C=O) groups is 2. The highest BCUT2D eigenvalue weighted by atomic mass is 79.9. The summed E-state index contributed by atoms with van der Waals surface area (Å²) in [6.45, 7) is -0.323. The van der Waals surface area contributed by atoms with Gasteiger partial charge in [0.25, 0.3) is 0 Å². The fourth-order valence-corrected chi connectivity index (χ4v) is 0.794. The highest BCUT2D eigenvalue weighted by Crippen LogP contribution is 2.07. The molecule has 0 fully saturated rings. The number of carbonyl (C=O) groups excluding carboxylic acids is 2. The summed E-state index contributed by atoms with van der Waals surface area (Å²) < 4.78 is 8.92. The van der Waals surface area contributed by atoms with E-state index in [0.717, 1.165) is 6.08 Å². The van der Waals surface area contributed by atoms with Crippen molar-refractivity contribution in [3.05, 3.63) is 10.6 Å². The molecule has 5 heteroatoms. The van der Waals surface area contributed by atoms with Crippen LogP contribution in [0, 0.1) is 24.7 Å². The number of ether oxygens (including phenoxy) is 2. The number of rotatable bonds is 4. The third-order valence-electron chi connectivity index (χ3n) is 1.02. The Bertz CT molecular complexity index is 357. The maximum atomic E-state index is 11.0. The lowest BCUT2D eigenvalue weighted by molar-refractivity contribution is -0.139. The molecule has 0 aliphatic carbocycles. The number of hydrogen-bond donors (Lipinski definition) is 0. The highest BCUT2D eigenvalue weighted by molar-refractivity contribution is 9.12. The molecule has 15 heavy (non-hydrogen) atoms. The van der Waals surface area contributed by atoms with Crippen molar-refractivity contribution < 1.29 is 19.1 Å². The van der Waals surface area contributed by atoms with Crippen molar-refractivity contribution in [2.75, 3.05) is 13.2 Å². The summed E-state index contributed by atoms with van der Waals surface area (Å²) in [7, 11) is 0. The number of terminal acetylenes is 2. The fraction of sp³-hybridized carbons (Fsp3) is 0.200. The van der Waals surface area contributed by atoms with Crippen molar-refractivity contribution in [2.24, 2.45) is 0 Å². The van der Waals surface area contributed by atoms with E-state index in [1.54, 1.807) is 0 Å². The maximum Gasteiger partial charge on any atom is 0.346 e. The zero-order valence-corrected chi connectivity index (χ0v) is 9.24. The Kier molecular flexibility index (Phi) is 6.78. The Balaban J connectivity index is 4.19. The molecule has 0 spiro atoms. The van der Waals surface area contributed by atoms with Crippen LogP contribution in [0.1, 0.15) is 0 Å². The van der Waals surface area contributed by atoms with Crippen molar-refractivity contribution in [1.29, 1.82) is 0 Å². The maximum absolute atomic E-state index is 11.0. The van der Waals surface area contributed by atoms with Gasteiger partial charge in [0.2, 0.25) is 0 Å². The molecule has 0 N–H and O–H groups in total. The predicted molar refractivity (Wildman–Crippen MR) is 56.6 cm³/mol. The van der Waals surface area contributed by atoms with Crippen molar-refractivity contribution >= 4 is 27.9 Å². The molecule has 0 aromatic carbocycles. The molecule has 0 radical (unpaired) electrons. The Morgan fingerprint density at radius 3 is 2.27 bits per heavy atom. The van der Waals surface area contributed by atoms with Crippen LogP contribution >= 0.6 is 15.9 Å². The molecule has 0 amide bonds. The molecule has 0 aromatic rings. The zero-order valence-electron chi connectivity index (χ0n) is 7.66. The first-order chi connectivity index (χ1) is 7.11. The van der Waals surface area contributed by atoms with E-state index < -0.39 is 11.9 Å². The van der Waals surface area contributed by atoms with E-state index in [4.69, 9.17) is 12.8 Å². The molecule has 0 bridgehead atoms. The molecule has 0 unspecified atom stereocenters. The number of esters is 2. The van der Waals surface area contributed by atoms with Crippen molar-refractivity contribution in [2.45, 2.75) is 0 Å². The van der Waals surface area contributed by atoms with E-state index >= 15 is 0 Å². The quantitative estimate of drug-likeness (QED) is 0.427. The summed E-state index contributed by atoms with van der Waals surface area (Å²) in [5.74, 6) is 2.73. The molecule has 0 rings (SSSR count). The van der Waals surface area contributed by atoms with Gasteiger partial charge >= 0.3 is 11.9 Å². The molecular formula is C10H7BrO4. The third-order valence-corrected chi connectivity index (χ3v) is 1.58. The summed E-state index contributed by atoms with van der Waals surface area (Å²) in [4.78, 5) is 21.9. The average Bonchev–Trinajstić information content (AvgIpc) is 2.22. The van der Waals surface area contributed by atoms with Crippen LogP contribution in [0.3, 0.4) is 0 Å². The van der Waals surface area contributed by atoms with Crippen molar-refractivity contribution in [1.82, 2.24) is 0 Å². The first kappa shape index (κ1) is 13.3. The lowest BCUT2D eigenvalue weighted by Crippen LogP contribution is -2.08. The number of halogens is 1. The molecule has 0 aliphatic heterocycles. The van der Waals surface area contributed by atoms with Gasteiger partial charge in [0, 0.05) is 6.08 Å². The van der Waals surface area contributed by atoms with Gasteiger partial charge in [0.1, 0.15) is 4.48 Å². The standard InChI is InChI=1S/C10H7BrO4/c1-3-5-14-9(12)7-8(11)10(13)15-6-4-2/h1-2,7H,5-6H2/b8-7+. The van der Waals surface area contributed by atoms with Gasteiger partial charge in [-0.3, -0.25) is 0 Å². The Morgan fingerprint density at radius 1 is 1.20 bits per heavy atom. The minimum absolute atomic E-state index is 0.0835. The third kappa shape index (κ3) is 6.36. The first-order valence-electron chi connectivity index (χ1n) is 3.69. The summed E-state index contributed by atoms with van der Waals surface area (Å²) in [6.07, 6.45) is 10.6. The van der Waals surface area contributed by atoms with Crippen LogP contribution in [0.4, 0.5) is 0 Å². The second kappa shape index (κ2) is 7.66. The summed E-state index contributed by atoms with van der Waals surface area (Å²) in [6, 6.07) is 0. The normalized spacial score (nSPS) is 9.67. The van der Waals surface area contributed by atoms with Crippen LogP contribution in [-0.2, 0) is 19.1 Å². The van der Waals surface area contributed by atoms with E-state index in [9.17, 15) is 9.59 Å². The molecule has 0 saturated heterocycles. The van der Waals surface area contributed by atoms with Gasteiger partial charge in [-0.05, 0) is 15.9 Å². The molecule has 4 nitrogen and oxygen atoms in total. The molecule has 78 valence electrons. The van der Waals surface area contributed by atoms with Crippen LogP contribution in [-0.4, -0.2) is 25.2 Å². The molecule has 0 saturated carbocycles. The van der Waals surface area contributed by atoms with E-state index in [0.29, 0.717) is 0 Å². The smallest absolute Gasteiger partial charge is 0.346 e. The Morgan fingerprint density at radius 2 is 1.73 bits per heavy atom. The fourth-order valence-electron chi connectivity index (χ4n) is 0.493. The second-order valence-corrected chi connectivity index (χ2v) is 2.94. The van der Waals surface area contributed by atoms with E-state index in [-0.39, 0.29) is 17.7 Å². The average molecular weight is 271 g/mol. The van der Waals surface area contributed by atoms with E-state index in [1.807, 2.05) is 0 Å². The van der Waals surface area contributed by atoms with E-state index in [2.05, 4.69) is 37.2 Å². The molecule has 0 heterocycles.